The lowest BCUT2D eigenvalue weighted by atomic mass is 9.97. The Bertz CT molecular complexity index is 318. The fourth-order valence-electron chi connectivity index (χ4n) is 1.92. The van der Waals surface area contributed by atoms with Crippen LogP contribution in [0, 0.1) is 0 Å². The lowest BCUT2D eigenvalue weighted by molar-refractivity contribution is 0.170. The van der Waals surface area contributed by atoms with Gasteiger partial charge in [-0.1, -0.05) is 6.92 Å². The van der Waals surface area contributed by atoms with E-state index in [2.05, 4.69) is 21.8 Å². The van der Waals surface area contributed by atoms with Crippen LogP contribution in [0.3, 0.4) is 0 Å². The standard InChI is InChI=1S/C13H25N3O/c1-4-6-12-15-8-10-16(12)9-5-7-13(2,11-17)14-3/h8,10,14,17H,4-7,9,11H2,1-3H3. The summed E-state index contributed by atoms with van der Waals surface area (Å²) in [5, 5.41) is 12.5. The van der Waals surface area contributed by atoms with E-state index < -0.39 is 0 Å². The van der Waals surface area contributed by atoms with Gasteiger partial charge in [-0.2, -0.15) is 0 Å². The zero-order valence-corrected chi connectivity index (χ0v) is 11.2. The van der Waals surface area contributed by atoms with E-state index >= 15 is 0 Å². The van der Waals surface area contributed by atoms with Crippen LogP contribution in [0.4, 0.5) is 0 Å². The summed E-state index contributed by atoms with van der Waals surface area (Å²) in [5.41, 5.74) is -0.161. The highest BCUT2D eigenvalue weighted by Gasteiger charge is 2.19. The summed E-state index contributed by atoms with van der Waals surface area (Å²) in [6.07, 6.45) is 8.09. The molecule has 1 aromatic heterocycles. The van der Waals surface area contributed by atoms with Crippen molar-refractivity contribution >= 4 is 0 Å². The number of likely N-dealkylation sites (N-methyl/N-ethyl adjacent to an activating group) is 1. The van der Waals surface area contributed by atoms with Crippen molar-refractivity contribution in [1.29, 1.82) is 0 Å². The minimum absolute atomic E-state index is 0.161. The Balaban J connectivity index is 2.42. The minimum atomic E-state index is -0.161. The van der Waals surface area contributed by atoms with Gasteiger partial charge in [0.1, 0.15) is 5.82 Å². The predicted molar refractivity (Wildman–Crippen MR) is 70.0 cm³/mol. The topological polar surface area (TPSA) is 50.1 Å². The van der Waals surface area contributed by atoms with Crippen LogP contribution in [-0.4, -0.2) is 33.9 Å². The van der Waals surface area contributed by atoms with Crippen molar-refractivity contribution in [2.45, 2.75) is 51.6 Å². The maximum absolute atomic E-state index is 9.30. The molecule has 0 amide bonds. The summed E-state index contributed by atoms with van der Waals surface area (Å²) in [4.78, 5) is 4.36. The van der Waals surface area contributed by atoms with Crippen LogP contribution in [0.2, 0.25) is 0 Å². The molecule has 0 aliphatic heterocycles. The molecule has 0 saturated heterocycles. The van der Waals surface area contributed by atoms with Crippen LogP contribution in [0.1, 0.15) is 38.9 Å². The lowest BCUT2D eigenvalue weighted by Crippen LogP contribution is -2.43. The molecule has 0 aliphatic carbocycles. The van der Waals surface area contributed by atoms with E-state index in [1.807, 2.05) is 26.4 Å². The Morgan fingerprint density at radius 1 is 1.53 bits per heavy atom. The number of aryl methyl sites for hydroxylation is 2. The van der Waals surface area contributed by atoms with Gasteiger partial charge < -0.3 is 15.0 Å². The molecule has 0 radical (unpaired) electrons. The molecule has 1 aromatic rings. The molecule has 1 heterocycles. The van der Waals surface area contributed by atoms with Crippen molar-refractivity contribution in [3.05, 3.63) is 18.2 Å². The lowest BCUT2D eigenvalue weighted by Gasteiger charge is -2.26. The maximum atomic E-state index is 9.30. The van der Waals surface area contributed by atoms with Gasteiger partial charge in [0.25, 0.3) is 0 Å². The molecule has 0 bridgehead atoms. The largest absolute Gasteiger partial charge is 0.394 e. The zero-order chi connectivity index (χ0) is 12.7. The number of nitrogens with one attached hydrogen (secondary N) is 1. The Morgan fingerprint density at radius 3 is 2.88 bits per heavy atom. The van der Waals surface area contributed by atoms with Crippen LogP contribution >= 0.6 is 0 Å². The molecule has 2 N–H and O–H groups in total. The molecule has 0 spiro atoms. The molecule has 0 fully saturated rings. The summed E-state index contributed by atoms with van der Waals surface area (Å²) < 4.78 is 2.22. The number of rotatable bonds is 8. The fraction of sp³-hybridized carbons (Fsp3) is 0.769. The Kier molecular flexibility index (Phi) is 5.65. The zero-order valence-electron chi connectivity index (χ0n) is 11.2. The van der Waals surface area contributed by atoms with Crippen molar-refractivity contribution in [3.63, 3.8) is 0 Å². The molecular formula is C13H25N3O. The average molecular weight is 239 g/mol. The molecule has 0 saturated carbocycles. The number of imidazole rings is 1. The highest BCUT2D eigenvalue weighted by Crippen LogP contribution is 2.12. The van der Waals surface area contributed by atoms with Gasteiger partial charge in [0.05, 0.1) is 6.61 Å². The van der Waals surface area contributed by atoms with Gasteiger partial charge >= 0.3 is 0 Å². The Morgan fingerprint density at radius 2 is 2.29 bits per heavy atom. The van der Waals surface area contributed by atoms with Crippen LogP contribution in [0.15, 0.2) is 12.4 Å². The van der Waals surface area contributed by atoms with E-state index in [9.17, 15) is 5.11 Å². The smallest absolute Gasteiger partial charge is 0.108 e. The third-order valence-corrected chi connectivity index (χ3v) is 3.36. The van der Waals surface area contributed by atoms with E-state index in [0.29, 0.717) is 0 Å². The number of hydrogen-bond donors (Lipinski definition) is 2. The molecule has 98 valence electrons. The normalized spacial score (nSPS) is 14.8. The molecule has 4 nitrogen and oxygen atoms in total. The molecule has 1 unspecified atom stereocenters. The SMILES string of the molecule is CCCc1nccn1CCCC(C)(CO)NC. The van der Waals surface area contributed by atoms with Gasteiger partial charge in [0.2, 0.25) is 0 Å². The van der Waals surface area contributed by atoms with Gasteiger partial charge in [0.15, 0.2) is 0 Å². The molecule has 0 aliphatic rings. The molecule has 0 aromatic carbocycles. The second-order valence-electron chi connectivity index (χ2n) is 4.86. The average Bonchev–Trinajstić information content (AvgIpc) is 2.77. The third-order valence-electron chi connectivity index (χ3n) is 3.36. The second kappa shape index (κ2) is 6.77. The number of hydrogen-bond acceptors (Lipinski definition) is 3. The van der Waals surface area contributed by atoms with E-state index in [4.69, 9.17) is 0 Å². The first kappa shape index (κ1) is 14.2. The van der Waals surface area contributed by atoms with Crippen molar-refractivity contribution in [2.24, 2.45) is 0 Å². The third kappa shape index (κ3) is 4.13. The minimum Gasteiger partial charge on any atom is -0.394 e. The van der Waals surface area contributed by atoms with Crippen LogP contribution in [0.25, 0.3) is 0 Å². The van der Waals surface area contributed by atoms with E-state index in [-0.39, 0.29) is 12.1 Å². The van der Waals surface area contributed by atoms with Gasteiger partial charge in [-0.3, -0.25) is 0 Å². The molecule has 1 rings (SSSR count). The molecule has 17 heavy (non-hydrogen) atoms. The first-order chi connectivity index (χ1) is 8.15. The summed E-state index contributed by atoms with van der Waals surface area (Å²) >= 11 is 0. The Hall–Kier alpha value is -0.870. The quantitative estimate of drug-likeness (QED) is 0.724. The van der Waals surface area contributed by atoms with Gasteiger partial charge in [-0.15, -0.1) is 0 Å². The highest BCUT2D eigenvalue weighted by atomic mass is 16.3. The van der Waals surface area contributed by atoms with Crippen LogP contribution < -0.4 is 5.32 Å². The van der Waals surface area contributed by atoms with Crippen molar-refractivity contribution < 1.29 is 5.11 Å². The number of nitrogens with zero attached hydrogens (tertiary/aromatic N) is 2. The van der Waals surface area contributed by atoms with Crippen LogP contribution in [0.5, 0.6) is 0 Å². The highest BCUT2D eigenvalue weighted by molar-refractivity contribution is 4.92. The summed E-state index contributed by atoms with van der Waals surface area (Å²) in [5.74, 6) is 1.17. The number of aliphatic hydroxyl groups is 1. The molecule has 1 atom stereocenters. The molecule has 4 heteroatoms. The first-order valence-electron chi connectivity index (χ1n) is 6.45. The number of aromatic nitrogens is 2. The summed E-state index contributed by atoms with van der Waals surface area (Å²) in [6.45, 7) is 5.37. The van der Waals surface area contributed by atoms with Crippen molar-refractivity contribution in [3.8, 4) is 0 Å². The first-order valence-corrected chi connectivity index (χ1v) is 6.45. The van der Waals surface area contributed by atoms with E-state index in [0.717, 1.165) is 32.2 Å². The van der Waals surface area contributed by atoms with Gasteiger partial charge in [-0.25, -0.2) is 4.98 Å². The summed E-state index contributed by atoms with van der Waals surface area (Å²) in [7, 11) is 1.90. The monoisotopic (exact) mass is 239 g/mol. The predicted octanol–water partition coefficient (Wildman–Crippen LogP) is 1.59. The van der Waals surface area contributed by atoms with E-state index in [1.54, 1.807) is 0 Å². The maximum Gasteiger partial charge on any atom is 0.108 e. The second-order valence-corrected chi connectivity index (χ2v) is 4.86. The fourth-order valence-corrected chi connectivity index (χ4v) is 1.92. The van der Waals surface area contributed by atoms with E-state index in [1.165, 1.54) is 5.82 Å². The van der Waals surface area contributed by atoms with Crippen LogP contribution in [-0.2, 0) is 13.0 Å². The van der Waals surface area contributed by atoms with Gasteiger partial charge in [-0.05, 0) is 33.2 Å². The number of aliphatic hydroxyl groups excluding tert-OH is 1. The Labute approximate surface area is 104 Å². The van der Waals surface area contributed by atoms with Gasteiger partial charge in [0, 0.05) is 30.9 Å². The molecular weight excluding hydrogens is 214 g/mol. The van der Waals surface area contributed by atoms with Crippen molar-refractivity contribution in [2.75, 3.05) is 13.7 Å². The summed E-state index contributed by atoms with van der Waals surface area (Å²) in [6, 6.07) is 0. The van der Waals surface area contributed by atoms with Crippen molar-refractivity contribution in [1.82, 2.24) is 14.9 Å².